The fourth-order valence-electron chi connectivity index (χ4n) is 3.79. The zero-order chi connectivity index (χ0) is 16.7. The minimum absolute atomic E-state index is 0.153. The van der Waals surface area contributed by atoms with Crippen LogP contribution in [0.3, 0.4) is 0 Å². The fourth-order valence-corrected chi connectivity index (χ4v) is 3.79. The Labute approximate surface area is 141 Å². The first-order valence-electron chi connectivity index (χ1n) is 8.62. The van der Waals surface area contributed by atoms with Crippen molar-refractivity contribution in [2.45, 2.75) is 33.1 Å². The number of carbonyl (C=O) groups excluding carboxylic acids is 1. The van der Waals surface area contributed by atoms with Crippen LogP contribution in [0.1, 0.15) is 30.5 Å². The first-order valence-corrected chi connectivity index (χ1v) is 8.62. The number of amides is 1. The van der Waals surface area contributed by atoms with Crippen molar-refractivity contribution in [3.63, 3.8) is 0 Å². The van der Waals surface area contributed by atoms with E-state index in [4.69, 9.17) is 4.42 Å². The molecule has 24 heavy (non-hydrogen) atoms. The van der Waals surface area contributed by atoms with Gasteiger partial charge in [-0.2, -0.15) is 0 Å². The molecule has 1 aromatic carbocycles. The van der Waals surface area contributed by atoms with Crippen molar-refractivity contribution < 1.29 is 9.21 Å². The van der Waals surface area contributed by atoms with Gasteiger partial charge in [-0.15, -0.1) is 0 Å². The van der Waals surface area contributed by atoms with Gasteiger partial charge in [0, 0.05) is 17.2 Å². The van der Waals surface area contributed by atoms with Crippen LogP contribution in [0, 0.1) is 25.2 Å². The molecule has 1 saturated heterocycles. The van der Waals surface area contributed by atoms with Crippen LogP contribution in [0.2, 0.25) is 0 Å². The molecular weight excluding hydrogens is 302 g/mol. The normalized spacial score (nSPS) is 21.7. The molecule has 5 nitrogen and oxygen atoms in total. The van der Waals surface area contributed by atoms with E-state index in [2.05, 4.69) is 15.6 Å². The van der Waals surface area contributed by atoms with Gasteiger partial charge in [-0.05, 0) is 69.3 Å². The lowest BCUT2D eigenvalue weighted by Crippen LogP contribution is -2.31. The molecule has 2 N–H and O–H groups in total. The van der Waals surface area contributed by atoms with Crippen molar-refractivity contribution in [3.05, 3.63) is 35.7 Å². The van der Waals surface area contributed by atoms with Crippen molar-refractivity contribution in [3.8, 4) is 11.5 Å². The molecule has 5 heteroatoms. The van der Waals surface area contributed by atoms with E-state index in [0.717, 1.165) is 54.9 Å². The summed E-state index contributed by atoms with van der Waals surface area (Å²) in [6.07, 6.45) is 4.89. The van der Waals surface area contributed by atoms with Crippen molar-refractivity contribution in [2.24, 2.45) is 11.3 Å². The minimum atomic E-state index is 0.153. The minimum Gasteiger partial charge on any atom is -0.444 e. The molecule has 0 radical (unpaired) electrons. The first-order chi connectivity index (χ1) is 11.6. The Balaban J connectivity index is 1.51. The average molecular weight is 325 g/mol. The summed E-state index contributed by atoms with van der Waals surface area (Å²) in [5, 5.41) is 6.51. The molecule has 4 rings (SSSR count). The molecule has 2 fully saturated rings. The summed E-state index contributed by atoms with van der Waals surface area (Å²) < 4.78 is 5.47. The first kappa shape index (κ1) is 15.4. The Morgan fingerprint density at radius 1 is 1.33 bits per heavy atom. The Bertz CT molecular complexity index is 775. The van der Waals surface area contributed by atoms with Crippen LogP contribution in [0.15, 0.2) is 28.9 Å². The number of carbonyl (C=O) groups is 1. The molecule has 2 aliphatic rings. The molecule has 2 aromatic rings. The van der Waals surface area contributed by atoms with Crippen LogP contribution >= 0.6 is 0 Å². The molecular formula is C19H23N3O2. The van der Waals surface area contributed by atoms with E-state index in [-0.39, 0.29) is 17.2 Å². The van der Waals surface area contributed by atoms with Crippen LogP contribution in [-0.4, -0.2) is 24.0 Å². The van der Waals surface area contributed by atoms with Crippen molar-refractivity contribution in [2.75, 3.05) is 18.4 Å². The molecule has 0 bridgehead atoms. The number of hydrogen-bond donors (Lipinski definition) is 2. The van der Waals surface area contributed by atoms with Crippen molar-refractivity contribution in [1.82, 2.24) is 10.3 Å². The maximum absolute atomic E-state index is 12.7. The number of nitrogens with zero attached hydrogens (tertiary/aromatic N) is 1. The lowest BCUT2D eigenvalue weighted by Gasteiger charge is -2.23. The lowest BCUT2D eigenvalue weighted by molar-refractivity contribution is -0.118. The zero-order valence-corrected chi connectivity index (χ0v) is 14.2. The molecule has 1 aromatic heterocycles. The summed E-state index contributed by atoms with van der Waals surface area (Å²) in [6, 6.07) is 5.93. The van der Waals surface area contributed by atoms with Gasteiger partial charge in [0.15, 0.2) is 0 Å². The number of nitrogens with one attached hydrogen (secondary N) is 2. The number of rotatable bonds is 3. The number of aromatic nitrogens is 1. The third-order valence-corrected chi connectivity index (χ3v) is 5.47. The smallest absolute Gasteiger partial charge is 0.228 e. The van der Waals surface area contributed by atoms with Crippen LogP contribution in [0.5, 0.6) is 0 Å². The molecule has 2 heterocycles. The van der Waals surface area contributed by atoms with E-state index >= 15 is 0 Å². The van der Waals surface area contributed by atoms with Gasteiger partial charge in [0.2, 0.25) is 11.8 Å². The fraction of sp³-hybridized carbons (Fsp3) is 0.474. The van der Waals surface area contributed by atoms with E-state index in [9.17, 15) is 4.79 Å². The molecule has 1 amide bonds. The molecule has 1 unspecified atom stereocenters. The SMILES string of the molecule is Cc1coc(-c2ccc(C)c(NC(=O)C3CC34CCNCC4)c2)n1. The Morgan fingerprint density at radius 2 is 2.12 bits per heavy atom. The van der Waals surface area contributed by atoms with Crippen LogP contribution in [-0.2, 0) is 4.79 Å². The molecule has 1 saturated carbocycles. The number of aryl methyl sites for hydroxylation is 2. The number of hydrogen-bond acceptors (Lipinski definition) is 4. The third kappa shape index (κ3) is 2.73. The Kier molecular flexibility index (Phi) is 3.68. The van der Waals surface area contributed by atoms with E-state index in [1.807, 2.05) is 32.0 Å². The maximum Gasteiger partial charge on any atom is 0.228 e. The topological polar surface area (TPSA) is 67.2 Å². The van der Waals surface area contributed by atoms with Gasteiger partial charge in [-0.1, -0.05) is 6.07 Å². The highest BCUT2D eigenvalue weighted by Crippen LogP contribution is 2.58. The summed E-state index contributed by atoms with van der Waals surface area (Å²) >= 11 is 0. The van der Waals surface area contributed by atoms with E-state index < -0.39 is 0 Å². The summed E-state index contributed by atoms with van der Waals surface area (Å²) in [5.74, 6) is 0.900. The second kappa shape index (κ2) is 5.74. The molecule has 1 aliphatic heterocycles. The highest BCUT2D eigenvalue weighted by molar-refractivity contribution is 5.96. The lowest BCUT2D eigenvalue weighted by atomic mass is 9.91. The quantitative estimate of drug-likeness (QED) is 0.909. The van der Waals surface area contributed by atoms with Crippen molar-refractivity contribution in [1.29, 1.82) is 0 Å². The van der Waals surface area contributed by atoms with Crippen LogP contribution in [0.25, 0.3) is 11.5 Å². The number of anilines is 1. The zero-order valence-electron chi connectivity index (χ0n) is 14.2. The standard InChI is InChI=1S/C19H23N3O2/c1-12-3-4-14(18-21-13(2)11-24-18)9-16(12)22-17(23)15-10-19(15)5-7-20-8-6-19/h3-4,9,11,15,20H,5-8,10H2,1-2H3,(H,22,23). The van der Waals surface area contributed by atoms with Gasteiger partial charge in [0.1, 0.15) is 6.26 Å². The van der Waals surface area contributed by atoms with Crippen molar-refractivity contribution >= 4 is 11.6 Å². The van der Waals surface area contributed by atoms with Gasteiger partial charge in [-0.3, -0.25) is 4.79 Å². The number of piperidine rings is 1. The summed E-state index contributed by atoms with van der Waals surface area (Å²) in [7, 11) is 0. The molecule has 1 spiro atoms. The number of oxazole rings is 1. The molecule has 126 valence electrons. The van der Waals surface area contributed by atoms with E-state index in [1.165, 1.54) is 0 Å². The number of benzene rings is 1. The Morgan fingerprint density at radius 3 is 2.83 bits per heavy atom. The second-order valence-corrected chi connectivity index (χ2v) is 7.18. The summed E-state index contributed by atoms with van der Waals surface area (Å²) in [5.41, 5.74) is 3.89. The maximum atomic E-state index is 12.7. The van der Waals surface area contributed by atoms with Gasteiger partial charge in [0.25, 0.3) is 0 Å². The van der Waals surface area contributed by atoms with Crippen LogP contribution in [0.4, 0.5) is 5.69 Å². The third-order valence-electron chi connectivity index (χ3n) is 5.47. The van der Waals surface area contributed by atoms with Gasteiger partial charge in [-0.25, -0.2) is 4.98 Å². The van der Waals surface area contributed by atoms with E-state index in [0.29, 0.717) is 5.89 Å². The monoisotopic (exact) mass is 325 g/mol. The molecule has 1 aliphatic carbocycles. The predicted molar refractivity (Wildman–Crippen MR) is 92.7 cm³/mol. The van der Waals surface area contributed by atoms with E-state index in [1.54, 1.807) is 6.26 Å². The van der Waals surface area contributed by atoms with Crippen LogP contribution < -0.4 is 10.6 Å². The highest BCUT2D eigenvalue weighted by atomic mass is 16.3. The van der Waals surface area contributed by atoms with Gasteiger partial charge >= 0.3 is 0 Å². The Hall–Kier alpha value is -2.14. The predicted octanol–water partition coefficient (Wildman–Crippen LogP) is 3.29. The van der Waals surface area contributed by atoms with Gasteiger partial charge < -0.3 is 15.1 Å². The summed E-state index contributed by atoms with van der Waals surface area (Å²) in [4.78, 5) is 17.0. The second-order valence-electron chi connectivity index (χ2n) is 7.18. The highest BCUT2D eigenvalue weighted by Gasteiger charge is 2.57. The molecule has 1 atom stereocenters. The van der Waals surface area contributed by atoms with Gasteiger partial charge in [0.05, 0.1) is 5.69 Å². The largest absolute Gasteiger partial charge is 0.444 e. The summed E-state index contributed by atoms with van der Waals surface area (Å²) in [6.45, 7) is 5.96. The average Bonchev–Trinajstić information content (AvgIpc) is 3.08.